The summed E-state index contributed by atoms with van der Waals surface area (Å²) >= 11 is 0. The van der Waals surface area contributed by atoms with Gasteiger partial charge in [-0.05, 0) is 17.7 Å². The van der Waals surface area contributed by atoms with E-state index in [4.69, 9.17) is 0 Å². The number of hydrogen-bond donors (Lipinski definition) is 0. The number of anilines is 1. The molecule has 3 rings (SSSR count). The third-order valence-electron chi connectivity index (χ3n) is 3.77. The third kappa shape index (κ3) is 2.72. The predicted octanol–water partition coefficient (Wildman–Crippen LogP) is 3.08. The van der Waals surface area contributed by atoms with Crippen molar-refractivity contribution in [3.8, 4) is 0 Å². The van der Waals surface area contributed by atoms with Gasteiger partial charge in [-0.1, -0.05) is 48.5 Å². The fraction of sp³-hybridized carbons (Fsp3) is 0.222. The zero-order valence-electron chi connectivity index (χ0n) is 12.8. The highest BCUT2D eigenvalue weighted by atomic mass is 16.2. The first kappa shape index (κ1) is 14.3. The smallest absolute Gasteiger partial charge is 0.269 e. The van der Waals surface area contributed by atoms with Crippen molar-refractivity contribution in [3.05, 3.63) is 66.2 Å². The van der Waals surface area contributed by atoms with Gasteiger partial charge < -0.3 is 4.90 Å². The maximum atomic E-state index is 12.3. The van der Waals surface area contributed by atoms with E-state index in [1.807, 2.05) is 53.5 Å². The van der Waals surface area contributed by atoms with Crippen molar-refractivity contribution in [2.45, 2.75) is 12.5 Å². The maximum Gasteiger partial charge on any atom is 0.269 e. The van der Waals surface area contributed by atoms with Crippen LogP contribution < -0.4 is 5.01 Å². The molecule has 4 nitrogen and oxygen atoms in total. The molecule has 0 bridgehead atoms. The fourth-order valence-corrected chi connectivity index (χ4v) is 2.65. The van der Waals surface area contributed by atoms with E-state index in [1.54, 1.807) is 19.0 Å². The Morgan fingerprint density at radius 1 is 1.05 bits per heavy atom. The van der Waals surface area contributed by atoms with Crippen LogP contribution in [0.3, 0.4) is 0 Å². The van der Waals surface area contributed by atoms with Crippen molar-refractivity contribution < 1.29 is 4.79 Å². The van der Waals surface area contributed by atoms with Crippen LogP contribution in [-0.2, 0) is 4.79 Å². The number of hydrogen-bond acceptors (Lipinski definition) is 3. The van der Waals surface area contributed by atoms with Gasteiger partial charge in [-0.15, -0.1) is 0 Å². The molecule has 0 spiro atoms. The van der Waals surface area contributed by atoms with Gasteiger partial charge in [-0.25, -0.2) is 0 Å². The number of para-hydroxylation sites is 1. The van der Waals surface area contributed by atoms with Gasteiger partial charge in [0, 0.05) is 20.5 Å². The van der Waals surface area contributed by atoms with Gasteiger partial charge in [0.2, 0.25) is 0 Å². The van der Waals surface area contributed by atoms with E-state index >= 15 is 0 Å². The topological polar surface area (TPSA) is 35.9 Å². The van der Waals surface area contributed by atoms with Crippen molar-refractivity contribution in [2.24, 2.45) is 5.10 Å². The average Bonchev–Trinajstić information content (AvgIpc) is 3.01. The van der Waals surface area contributed by atoms with E-state index in [0.717, 1.165) is 11.3 Å². The van der Waals surface area contributed by atoms with Crippen LogP contribution in [0.2, 0.25) is 0 Å². The Hall–Kier alpha value is -2.62. The standard InChI is InChI=1S/C18H19N3O/c1-20(2)18(22)16-13-17(14-9-5-3-6-10-14)21(19-16)15-11-7-4-8-12-15/h3-12,17H,13H2,1-2H3/t17-/m1/s1. The highest BCUT2D eigenvalue weighted by molar-refractivity contribution is 6.39. The van der Waals surface area contributed by atoms with E-state index in [9.17, 15) is 4.79 Å². The number of carbonyl (C=O) groups is 1. The lowest BCUT2D eigenvalue weighted by molar-refractivity contribution is -0.121. The van der Waals surface area contributed by atoms with Crippen molar-refractivity contribution in [1.82, 2.24) is 4.90 Å². The van der Waals surface area contributed by atoms with Crippen LogP contribution >= 0.6 is 0 Å². The van der Waals surface area contributed by atoms with Gasteiger partial charge in [0.1, 0.15) is 5.71 Å². The Bertz CT molecular complexity index is 680. The first-order valence-electron chi connectivity index (χ1n) is 7.35. The minimum Gasteiger partial charge on any atom is -0.344 e. The first-order chi connectivity index (χ1) is 10.7. The summed E-state index contributed by atoms with van der Waals surface area (Å²) in [6.07, 6.45) is 0.621. The predicted molar refractivity (Wildman–Crippen MR) is 88.9 cm³/mol. The SMILES string of the molecule is CN(C)C(=O)C1=NN(c2ccccc2)[C@@H](c2ccccc2)C1. The second-order valence-corrected chi connectivity index (χ2v) is 5.56. The van der Waals surface area contributed by atoms with Crippen molar-refractivity contribution in [2.75, 3.05) is 19.1 Å². The van der Waals surface area contributed by atoms with Gasteiger partial charge in [0.25, 0.3) is 5.91 Å². The summed E-state index contributed by atoms with van der Waals surface area (Å²) in [5, 5.41) is 6.55. The van der Waals surface area contributed by atoms with E-state index in [1.165, 1.54) is 0 Å². The van der Waals surface area contributed by atoms with E-state index in [-0.39, 0.29) is 11.9 Å². The van der Waals surface area contributed by atoms with E-state index < -0.39 is 0 Å². The minimum absolute atomic E-state index is 0.0284. The monoisotopic (exact) mass is 293 g/mol. The fourth-order valence-electron chi connectivity index (χ4n) is 2.65. The van der Waals surface area contributed by atoms with Crippen LogP contribution in [0.1, 0.15) is 18.0 Å². The third-order valence-corrected chi connectivity index (χ3v) is 3.77. The summed E-state index contributed by atoms with van der Waals surface area (Å²) in [4.78, 5) is 13.8. The summed E-state index contributed by atoms with van der Waals surface area (Å²) in [6.45, 7) is 0. The molecule has 0 saturated heterocycles. The molecule has 4 heteroatoms. The summed E-state index contributed by atoms with van der Waals surface area (Å²) in [5.41, 5.74) is 2.76. The molecule has 0 unspecified atom stereocenters. The van der Waals surface area contributed by atoms with Gasteiger partial charge >= 0.3 is 0 Å². The molecule has 1 atom stereocenters. The van der Waals surface area contributed by atoms with Crippen LogP contribution in [0, 0.1) is 0 Å². The largest absolute Gasteiger partial charge is 0.344 e. The molecule has 1 heterocycles. The van der Waals surface area contributed by atoms with E-state index in [0.29, 0.717) is 12.1 Å². The minimum atomic E-state index is -0.0284. The molecular formula is C18H19N3O. The number of benzene rings is 2. The normalized spacial score (nSPS) is 17.3. The van der Waals surface area contributed by atoms with Crippen LogP contribution in [0.15, 0.2) is 65.8 Å². The Morgan fingerprint density at radius 3 is 2.23 bits per heavy atom. The van der Waals surface area contributed by atoms with Crippen LogP contribution in [0.5, 0.6) is 0 Å². The molecule has 0 saturated carbocycles. The Kier molecular flexibility index (Phi) is 3.92. The zero-order valence-corrected chi connectivity index (χ0v) is 12.8. The van der Waals surface area contributed by atoms with E-state index in [2.05, 4.69) is 17.2 Å². The average molecular weight is 293 g/mol. The molecule has 0 N–H and O–H groups in total. The van der Waals surface area contributed by atoms with Crippen molar-refractivity contribution >= 4 is 17.3 Å². The lowest BCUT2D eigenvalue weighted by Crippen LogP contribution is -2.29. The molecule has 0 radical (unpaired) electrons. The van der Waals surface area contributed by atoms with Crippen LogP contribution in [0.4, 0.5) is 5.69 Å². The lowest BCUT2D eigenvalue weighted by Gasteiger charge is -2.23. The molecule has 1 amide bonds. The molecule has 0 fully saturated rings. The Morgan fingerprint density at radius 2 is 1.64 bits per heavy atom. The van der Waals surface area contributed by atoms with Gasteiger partial charge in [0.15, 0.2) is 0 Å². The van der Waals surface area contributed by atoms with Crippen LogP contribution in [0.25, 0.3) is 0 Å². The van der Waals surface area contributed by atoms with Crippen molar-refractivity contribution in [1.29, 1.82) is 0 Å². The number of carbonyl (C=O) groups excluding carboxylic acids is 1. The Labute approximate surface area is 130 Å². The quantitative estimate of drug-likeness (QED) is 0.872. The summed E-state index contributed by atoms with van der Waals surface area (Å²) in [5.74, 6) is -0.0284. The van der Waals surface area contributed by atoms with Gasteiger partial charge in [-0.3, -0.25) is 9.80 Å². The number of amides is 1. The van der Waals surface area contributed by atoms with Gasteiger partial charge in [-0.2, -0.15) is 5.10 Å². The number of nitrogens with zero attached hydrogens (tertiary/aromatic N) is 3. The molecule has 2 aromatic carbocycles. The second kappa shape index (κ2) is 6.02. The summed E-state index contributed by atoms with van der Waals surface area (Å²) in [7, 11) is 3.51. The highest BCUT2D eigenvalue weighted by Gasteiger charge is 2.32. The Balaban J connectivity index is 1.98. The summed E-state index contributed by atoms with van der Waals surface area (Å²) in [6, 6.07) is 20.2. The number of rotatable bonds is 3. The lowest BCUT2D eigenvalue weighted by atomic mass is 10.0. The first-order valence-corrected chi connectivity index (χ1v) is 7.35. The van der Waals surface area contributed by atoms with Gasteiger partial charge in [0.05, 0.1) is 11.7 Å². The molecule has 0 aliphatic carbocycles. The molecule has 112 valence electrons. The molecule has 0 aromatic heterocycles. The van der Waals surface area contributed by atoms with Crippen molar-refractivity contribution in [3.63, 3.8) is 0 Å². The molecular weight excluding hydrogens is 274 g/mol. The molecule has 1 aliphatic heterocycles. The molecule has 22 heavy (non-hydrogen) atoms. The zero-order chi connectivity index (χ0) is 15.5. The number of hydrazone groups is 1. The highest BCUT2D eigenvalue weighted by Crippen LogP contribution is 2.35. The second-order valence-electron chi connectivity index (χ2n) is 5.56. The van der Waals surface area contributed by atoms with Crippen LogP contribution in [-0.4, -0.2) is 30.6 Å². The summed E-state index contributed by atoms with van der Waals surface area (Å²) < 4.78 is 0. The maximum absolute atomic E-state index is 12.3. The molecule has 1 aliphatic rings. The molecule has 2 aromatic rings.